The normalized spacial score (nSPS) is 11.3. The fraction of sp³-hybridized carbons (Fsp3) is 0. The summed E-state index contributed by atoms with van der Waals surface area (Å²) in [5.74, 6) is 0. The molecule has 0 fully saturated rings. The van der Waals surface area contributed by atoms with Crippen LogP contribution in [-0.4, -0.2) is 31.0 Å². The van der Waals surface area contributed by atoms with Gasteiger partial charge in [-0.25, -0.2) is 4.68 Å². The zero-order valence-corrected chi connectivity index (χ0v) is 14.7. The molecule has 0 aliphatic heterocycles. The second kappa shape index (κ2) is 7.34. The average Bonchev–Trinajstić information content (AvgIpc) is 3.21. The van der Waals surface area contributed by atoms with Crippen molar-refractivity contribution < 1.29 is 4.92 Å². The second-order valence-electron chi connectivity index (χ2n) is 5.50. The SMILES string of the molecule is O=[N+]([O-])c1ccc(Sc2cccc3cccnc23)c(C=Nn2cnnc2)c1. The lowest BCUT2D eigenvalue weighted by molar-refractivity contribution is -0.384. The molecular formula is C18H12N6O2S. The zero-order valence-electron chi connectivity index (χ0n) is 13.8. The molecule has 2 heterocycles. The molecule has 9 heteroatoms. The van der Waals surface area contributed by atoms with Gasteiger partial charge in [0.05, 0.1) is 16.7 Å². The van der Waals surface area contributed by atoms with Crippen LogP contribution >= 0.6 is 11.8 Å². The van der Waals surface area contributed by atoms with E-state index in [0.717, 1.165) is 20.7 Å². The maximum absolute atomic E-state index is 11.1. The molecule has 2 aromatic carbocycles. The van der Waals surface area contributed by atoms with Crippen LogP contribution in [0.1, 0.15) is 5.56 Å². The zero-order chi connectivity index (χ0) is 18.6. The fourth-order valence-corrected chi connectivity index (χ4v) is 3.52. The van der Waals surface area contributed by atoms with E-state index < -0.39 is 4.92 Å². The number of hydrogen-bond acceptors (Lipinski definition) is 7. The van der Waals surface area contributed by atoms with E-state index in [1.54, 1.807) is 18.5 Å². The van der Waals surface area contributed by atoms with Gasteiger partial charge in [0.1, 0.15) is 12.7 Å². The van der Waals surface area contributed by atoms with Crippen LogP contribution in [0.25, 0.3) is 10.9 Å². The summed E-state index contributed by atoms with van der Waals surface area (Å²) in [4.78, 5) is 17.0. The van der Waals surface area contributed by atoms with Crippen molar-refractivity contribution in [2.45, 2.75) is 9.79 Å². The van der Waals surface area contributed by atoms with Crippen LogP contribution in [0.3, 0.4) is 0 Å². The maximum Gasteiger partial charge on any atom is 0.270 e. The van der Waals surface area contributed by atoms with E-state index in [1.165, 1.54) is 41.2 Å². The van der Waals surface area contributed by atoms with Crippen LogP contribution in [0.15, 0.2) is 82.3 Å². The van der Waals surface area contributed by atoms with E-state index in [1.807, 2.05) is 30.3 Å². The molecule has 2 aromatic heterocycles. The van der Waals surface area contributed by atoms with Crippen molar-refractivity contribution in [2.24, 2.45) is 5.10 Å². The third kappa shape index (κ3) is 3.67. The summed E-state index contributed by atoms with van der Waals surface area (Å²) in [6.45, 7) is 0. The highest BCUT2D eigenvalue weighted by Gasteiger charge is 2.12. The molecule has 0 spiro atoms. The Labute approximate surface area is 157 Å². The number of aromatic nitrogens is 4. The van der Waals surface area contributed by atoms with Crippen molar-refractivity contribution >= 4 is 34.6 Å². The Kier molecular flexibility index (Phi) is 4.58. The van der Waals surface area contributed by atoms with Crippen LogP contribution in [0.4, 0.5) is 5.69 Å². The van der Waals surface area contributed by atoms with Crippen LogP contribution in [0.5, 0.6) is 0 Å². The number of fused-ring (bicyclic) bond motifs is 1. The minimum atomic E-state index is -0.427. The highest BCUT2D eigenvalue weighted by Crippen LogP contribution is 2.35. The molecule has 8 nitrogen and oxygen atoms in total. The molecule has 4 rings (SSSR count). The van der Waals surface area contributed by atoms with E-state index in [0.29, 0.717) is 5.56 Å². The van der Waals surface area contributed by atoms with E-state index >= 15 is 0 Å². The van der Waals surface area contributed by atoms with Crippen LogP contribution in [0.2, 0.25) is 0 Å². The Hall–Kier alpha value is -3.59. The quantitative estimate of drug-likeness (QED) is 0.299. The molecular weight excluding hydrogens is 364 g/mol. The summed E-state index contributed by atoms with van der Waals surface area (Å²) in [6.07, 6.45) is 6.18. The Morgan fingerprint density at radius 3 is 2.70 bits per heavy atom. The van der Waals surface area contributed by atoms with Gasteiger partial charge in [-0.3, -0.25) is 15.1 Å². The van der Waals surface area contributed by atoms with Gasteiger partial charge in [0.25, 0.3) is 5.69 Å². The largest absolute Gasteiger partial charge is 0.270 e. The maximum atomic E-state index is 11.1. The molecule has 4 aromatic rings. The number of non-ortho nitro benzene ring substituents is 1. The lowest BCUT2D eigenvalue weighted by Gasteiger charge is -2.08. The number of pyridine rings is 1. The van der Waals surface area contributed by atoms with Gasteiger partial charge in [0.15, 0.2) is 0 Å². The first-order valence-corrected chi connectivity index (χ1v) is 8.71. The standard InChI is InChI=1S/C18H12N6O2S/c25-24(26)15-6-7-16(14(9-15)10-22-23-11-20-21-12-23)27-17-5-1-3-13-4-2-8-19-18(13)17/h1-12H. The Morgan fingerprint density at radius 1 is 1.07 bits per heavy atom. The highest BCUT2D eigenvalue weighted by molar-refractivity contribution is 7.99. The van der Waals surface area contributed by atoms with Crippen molar-refractivity contribution in [3.63, 3.8) is 0 Å². The van der Waals surface area contributed by atoms with E-state index in [9.17, 15) is 10.1 Å². The predicted molar refractivity (Wildman–Crippen MR) is 102 cm³/mol. The predicted octanol–water partition coefficient (Wildman–Crippen LogP) is 3.77. The molecule has 0 saturated carbocycles. The lowest BCUT2D eigenvalue weighted by Crippen LogP contribution is -1.94. The topological polar surface area (TPSA) is 99.1 Å². The molecule has 0 radical (unpaired) electrons. The first kappa shape index (κ1) is 16.9. The van der Waals surface area contributed by atoms with Gasteiger partial charge < -0.3 is 0 Å². The summed E-state index contributed by atoms with van der Waals surface area (Å²) in [7, 11) is 0. The molecule has 0 atom stereocenters. The molecule has 0 N–H and O–H groups in total. The summed E-state index contributed by atoms with van der Waals surface area (Å²) in [6, 6.07) is 14.5. The minimum absolute atomic E-state index is 0.000556. The third-order valence-electron chi connectivity index (χ3n) is 3.76. The number of nitro benzene ring substituents is 1. The molecule has 132 valence electrons. The van der Waals surface area contributed by atoms with E-state index in [2.05, 4.69) is 20.3 Å². The molecule has 27 heavy (non-hydrogen) atoms. The molecule has 0 aliphatic rings. The van der Waals surface area contributed by atoms with Crippen molar-refractivity contribution in [1.29, 1.82) is 0 Å². The van der Waals surface area contributed by atoms with Crippen molar-refractivity contribution in [1.82, 2.24) is 19.9 Å². The number of nitro groups is 1. The van der Waals surface area contributed by atoms with Gasteiger partial charge in [0.2, 0.25) is 0 Å². The summed E-state index contributed by atoms with van der Waals surface area (Å²) < 4.78 is 1.42. The summed E-state index contributed by atoms with van der Waals surface area (Å²) in [5, 5.41) is 23.8. The van der Waals surface area contributed by atoms with Gasteiger partial charge in [0, 0.05) is 39.1 Å². The number of benzene rings is 2. The smallest absolute Gasteiger partial charge is 0.258 e. The Balaban J connectivity index is 1.76. The van der Waals surface area contributed by atoms with Crippen molar-refractivity contribution in [2.75, 3.05) is 0 Å². The summed E-state index contributed by atoms with van der Waals surface area (Å²) in [5.41, 5.74) is 1.50. The van der Waals surface area contributed by atoms with E-state index in [4.69, 9.17) is 0 Å². The minimum Gasteiger partial charge on any atom is -0.258 e. The first-order valence-electron chi connectivity index (χ1n) is 7.90. The van der Waals surface area contributed by atoms with Crippen molar-refractivity contribution in [3.05, 3.63) is 83.1 Å². The Morgan fingerprint density at radius 2 is 1.89 bits per heavy atom. The third-order valence-corrected chi connectivity index (χ3v) is 4.90. The molecule has 0 bridgehead atoms. The Bertz CT molecular complexity index is 1140. The average molecular weight is 376 g/mol. The number of para-hydroxylation sites is 1. The number of nitrogens with zero attached hydrogens (tertiary/aromatic N) is 6. The molecule has 0 saturated heterocycles. The van der Waals surface area contributed by atoms with Gasteiger partial charge in [-0.2, -0.15) is 5.10 Å². The van der Waals surface area contributed by atoms with Gasteiger partial charge in [-0.15, -0.1) is 10.2 Å². The first-order chi connectivity index (χ1) is 13.2. The van der Waals surface area contributed by atoms with E-state index in [-0.39, 0.29) is 5.69 Å². The lowest BCUT2D eigenvalue weighted by atomic mass is 10.2. The van der Waals surface area contributed by atoms with Crippen LogP contribution in [-0.2, 0) is 0 Å². The molecule has 0 amide bonds. The monoisotopic (exact) mass is 376 g/mol. The fourth-order valence-electron chi connectivity index (χ4n) is 2.50. The molecule has 0 unspecified atom stereocenters. The number of rotatable bonds is 5. The van der Waals surface area contributed by atoms with Crippen LogP contribution < -0.4 is 0 Å². The van der Waals surface area contributed by atoms with Crippen LogP contribution in [0, 0.1) is 10.1 Å². The van der Waals surface area contributed by atoms with Gasteiger partial charge >= 0.3 is 0 Å². The highest BCUT2D eigenvalue weighted by atomic mass is 32.2. The summed E-state index contributed by atoms with van der Waals surface area (Å²) >= 11 is 1.48. The van der Waals surface area contributed by atoms with Crippen molar-refractivity contribution in [3.8, 4) is 0 Å². The second-order valence-corrected chi connectivity index (χ2v) is 6.58. The number of hydrogen-bond donors (Lipinski definition) is 0. The molecule has 0 aliphatic carbocycles. The van der Waals surface area contributed by atoms with Gasteiger partial charge in [-0.1, -0.05) is 30.0 Å². The van der Waals surface area contributed by atoms with Gasteiger partial charge in [-0.05, 0) is 18.2 Å².